The minimum Gasteiger partial charge on any atom is -0.356 e. The summed E-state index contributed by atoms with van der Waals surface area (Å²) in [6.07, 6.45) is 8.49. The van der Waals surface area contributed by atoms with Crippen LogP contribution in [-0.4, -0.2) is 36.3 Å². The lowest BCUT2D eigenvalue weighted by molar-refractivity contribution is -0.129. The van der Waals surface area contributed by atoms with Crippen LogP contribution in [0.25, 0.3) is 0 Å². The zero-order valence-corrected chi connectivity index (χ0v) is 13.1. The third-order valence-electron chi connectivity index (χ3n) is 3.95. The lowest BCUT2D eigenvalue weighted by Crippen LogP contribution is -2.33. The number of hydrogen-bond acceptors (Lipinski definition) is 2. The molecule has 0 aliphatic carbocycles. The van der Waals surface area contributed by atoms with Crippen LogP contribution in [0.3, 0.4) is 0 Å². The number of carbonyl (C=O) groups excluding carboxylic acids is 2. The van der Waals surface area contributed by atoms with E-state index < -0.39 is 0 Å². The third-order valence-corrected chi connectivity index (χ3v) is 3.95. The van der Waals surface area contributed by atoms with Crippen molar-refractivity contribution in [1.82, 2.24) is 10.2 Å². The van der Waals surface area contributed by atoms with Crippen LogP contribution in [0.1, 0.15) is 65.2 Å². The fourth-order valence-electron chi connectivity index (χ4n) is 2.60. The summed E-state index contributed by atoms with van der Waals surface area (Å²) in [6.45, 7) is 6.48. The molecular weight excluding hydrogens is 252 g/mol. The van der Waals surface area contributed by atoms with Crippen LogP contribution < -0.4 is 5.32 Å². The highest BCUT2D eigenvalue weighted by Gasteiger charge is 2.33. The molecule has 116 valence electrons. The number of carbonyl (C=O) groups is 2. The molecule has 1 N–H and O–H groups in total. The molecule has 0 spiro atoms. The van der Waals surface area contributed by atoms with Crippen molar-refractivity contribution >= 4 is 11.8 Å². The molecule has 0 aromatic rings. The second kappa shape index (κ2) is 9.78. The van der Waals surface area contributed by atoms with E-state index in [1.165, 1.54) is 25.7 Å². The monoisotopic (exact) mass is 282 g/mol. The molecule has 4 heteroatoms. The van der Waals surface area contributed by atoms with E-state index in [0.717, 1.165) is 32.4 Å². The second-order valence-electron chi connectivity index (χ2n) is 5.80. The molecule has 4 nitrogen and oxygen atoms in total. The lowest BCUT2D eigenvalue weighted by Gasteiger charge is -2.15. The molecule has 20 heavy (non-hydrogen) atoms. The first-order valence-electron chi connectivity index (χ1n) is 8.24. The van der Waals surface area contributed by atoms with Gasteiger partial charge in [-0.05, 0) is 12.8 Å². The van der Waals surface area contributed by atoms with Gasteiger partial charge in [-0.2, -0.15) is 0 Å². The van der Waals surface area contributed by atoms with Gasteiger partial charge in [-0.25, -0.2) is 0 Å². The van der Waals surface area contributed by atoms with Gasteiger partial charge >= 0.3 is 0 Å². The topological polar surface area (TPSA) is 49.4 Å². The fourth-order valence-corrected chi connectivity index (χ4v) is 2.60. The number of rotatable bonds is 10. The van der Waals surface area contributed by atoms with Crippen molar-refractivity contribution < 1.29 is 9.59 Å². The molecule has 0 aromatic carbocycles. The Balaban J connectivity index is 2.16. The molecular formula is C16H30N2O2. The molecule has 1 unspecified atom stereocenters. The van der Waals surface area contributed by atoms with Gasteiger partial charge in [0.15, 0.2) is 0 Å². The van der Waals surface area contributed by atoms with Gasteiger partial charge in [0.2, 0.25) is 11.8 Å². The van der Waals surface area contributed by atoms with Crippen molar-refractivity contribution in [2.45, 2.75) is 65.2 Å². The number of unbranched alkanes of at least 4 members (excludes halogenated alkanes) is 5. The third kappa shape index (κ3) is 5.93. The molecule has 1 rings (SSSR count). The molecule has 1 aliphatic rings. The number of amides is 2. The van der Waals surface area contributed by atoms with Crippen LogP contribution in [-0.2, 0) is 9.59 Å². The van der Waals surface area contributed by atoms with E-state index in [-0.39, 0.29) is 17.7 Å². The highest BCUT2D eigenvalue weighted by Crippen LogP contribution is 2.18. The minimum absolute atomic E-state index is 0.0628. The standard InChI is InChI=1S/C16H30N2O2/c1-3-5-7-8-9-10-17-16(20)14-12-15(19)18(13-14)11-6-4-2/h14H,3-13H2,1-2H3,(H,17,20). The molecule has 0 aromatic heterocycles. The maximum absolute atomic E-state index is 12.0. The van der Waals surface area contributed by atoms with Gasteiger partial charge in [-0.3, -0.25) is 9.59 Å². The van der Waals surface area contributed by atoms with Gasteiger partial charge in [0.05, 0.1) is 5.92 Å². The van der Waals surface area contributed by atoms with Crippen LogP contribution in [0.4, 0.5) is 0 Å². The summed E-state index contributed by atoms with van der Waals surface area (Å²) in [5.41, 5.74) is 0. The van der Waals surface area contributed by atoms with E-state index in [0.29, 0.717) is 13.0 Å². The van der Waals surface area contributed by atoms with Crippen LogP contribution in [0.5, 0.6) is 0 Å². The van der Waals surface area contributed by atoms with Crippen LogP contribution in [0.2, 0.25) is 0 Å². The summed E-state index contributed by atoms with van der Waals surface area (Å²) in [5.74, 6) is 0.0735. The van der Waals surface area contributed by atoms with Gasteiger partial charge in [-0.1, -0.05) is 46.0 Å². The zero-order chi connectivity index (χ0) is 14.8. The number of nitrogens with zero attached hydrogens (tertiary/aromatic N) is 1. The first kappa shape index (κ1) is 17.0. The number of nitrogens with one attached hydrogen (secondary N) is 1. The van der Waals surface area contributed by atoms with E-state index in [1.807, 2.05) is 4.90 Å². The highest BCUT2D eigenvalue weighted by atomic mass is 16.2. The fraction of sp³-hybridized carbons (Fsp3) is 0.875. The Morgan fingerprint density at radius 3 is 2.55 bits per heavy atom. The first-order valence-corrected chi connectivity index (χ1v) is 8.24. The van der Waals surface area contributed by atoms with Gasteiger partial charge < -0.3 is 10.2 Å². The average Bonchev–Trinajstić information content (AvgIpc) is 2.81. The Morgan fingerprint density at radius 2 is 1.85 bits per heavy atom. The molecule has 2 amide bonds. The van der Waals surface area contributed by atoms with Gasteiger partial charge in [0.1, 0.15) is 0 Å². The first-order chi connectivity index (χ1) is 9.69. The zero-order valence-electron chi connectivity index (χ0n) is 13.1. The van der Waals surface area contributed by atoms with Crippen molar-refractivity contribution in [2.24, 2.45) is 5.92 Å². The Hall–Kier alpha value is -1.06. The molecule has 0 bridgehead atoms. The highest BCUT2D eigenvalue weighted by molar-refractivity contribution is 5.89. The van der Waals surface area contributed by atoms with Crippen molar-refractivity contribution in [3.63, 3.8) is 0 Å². The Labute approximate surface area is 123 Å². The second-order valence-corrected chi connectivity index (χ2v) is 5.80. The van der Waals surface area contributed by atoms with Gasteiger partial charge in [-0.15, -0.1) is 0 Å². The van der Waals surface area contributed by atoms with E-state index in [1.54, 1.807) is 0 Å². The van der Waals surface area contributed by atoms with Crippen molar-refractivity contribution in [1.29, 1.82) is 0 Å². The summed E-state index contributed by atoms with van der Waals surface area (Å²) >= 11 is 0. The summed E-state index contributed by atoms with van der Waals surface area (Å²) in [4.78, 5) is 25.6. The number of hydrogen-bond donors (Lipinski definition) is 1. The van der Waals surface area contributed by atoms with Crippen LogP contribution >= 0.6 is 0 Å². The largest absolute Gasteiger partial charge is 0.356 e. The summed E-state index contributed by atoms with van der Waals surface area (Å²) < 4.78 is 0. The van der Waals surface area contributed by atoms with Gasteiger partial charge in [0.25, 0.3) is 0 Å². The summed E-state index contributed by atoms with van der Waals surface area (Å²) in [5, 5.41) is 2.98. The Kier molecular flexibility index (Phi) is 8.31. The lowest BCUT2D eigenvalue weighted by atomic mass is 10.1. The normalized spacial score (nSPS) is 18.6. The van der Waals surface area contributed by atoms with Crippen molar-refractivity contribution in [3.05, 3.63) is 0 Å². The summed E-state index contributed by atoms with van der Waals surface area (Å²) in [7, 11) is 0. The average molecular weight is 282 g/mol. The predicted octanol–water partition coefficient (Wildman–Crippen LogP) is 2.72. The number of likely N-dealkylation sites (tertiary alicyclic amines) is 1. The summed E-state index contributed by atoms with van der Waals surface area (Å²) in [6, 6.07) is 0. The van der Waals surface area contributed by atoms with E-state index in [9.17, 15) is 9.59 Å². The maximum atomic E-state index is 12.0. The SMILES string of the molecule is CCCCCCCNC(=O)C1CC(=O)N(CCCC)C1. The Morgan fingerprint density at radius 1 is 1.15 bits per heavy atom. The minimum atomic E-state index is -0.130. The molecule has 1 fully saturated rings. The molecule has 1 saturated heterocycles. The maximum Gasteiger partial charge on any atom is 0.225 e. The molecule has 1 aliphatic heterocycles. The quantitative estimate of drug-likeness (QED) is 0.626. The van der Waals surface area contributed by atoms with E-state index in [4.69, 9.17) is 0 Å². The van der Waals surface area contributed by atoms with Crippen molar-refractivity contribution in [2.75, 3.05) is 19.6 Å². The van der Waals surface area contributed by atoms with Crippen molar-refractivity contribution in [3.8, 4) is 0 Å². The van der Waals surface area contributed by atoms with Gasteiger partial charge in [0, 0.05) is 26.1 Å². The molecule has 1 atom stereocenters. The molecule has 0 radical (unpaired) electrons. The van der Waals surface area contributed by atoms with Crippen LogP contribution in [0, 0.1) is 5.92 Å². The van der Waals surface area contributed by atoms with Crippen LogP contribution in [0.15, 0.2) is 0 Å². The molecule has 0 saturated carbocycles. The predicted molar refractivity (Wildman–Crippen MR) is 81.4 cm³/mol. The Bertz CT molecular complexity index is 305. The van der Waals surface area contributed by atoms with E-state index >= 15 is 0 Å². The molecule has 1 heterocycles. The smallest absolute Gasteiger partial charge is 0.225 e. The van der Waals surface area contributed by atoms with E-state index in [2.05, 4.69) is 19.2 Å².